The third-order valence-corrected chi connectivity index (χ3v) is 33.6. The minimum atomic E-state index is -1.73. The van der Waals surface area contributed by atoms with Crippen molar-refractivity contribution in [3.05, 3.63) is 0 Å². The molecule has 12 aliphatic rings. The van der Waals surface area contributed by atoms with Crippen LogP contribution >= 0.6 is 0 Å². The van der Waals surface area contributed by atoms with Gasteiger partial charge in [0.05, 0.1) is 55.6 Å². The number of ether oxygens (including phenoxy) is 6. The zero-order valence-corrected chi connectivity index (χ0v) is 49.5. The van der Waals surface area contributed by atoms with Gasteiger partial charge in [0.25, 0.3) is 0 Å². The zero-order chi connectivity index (χ0) is 49.4. The van der Waals surface area contributed by atoms with Crippen molar-refractivity contribution >= 4 is 34.0 Å². The van der Waals surface area contributed by atoms with Crippen molar-refractivity contribution in [2.75, 3.05) is 39.6 Å². The Morgan fingerprint density at radius 3 is 1.46 bits per heavy atom. The van der Waals surface area contributed by atoms with Gasteiger partial charge in [0, 0.05) is 38.3 Å². The van der Waals surface area contributed by atoms with E-state index < -0.39 is 22.4 Å². The summed E-state index contributed by atoms with van der Waals surface area (Å²) in [5.74, 6) is 4.65. The smallest absolute Gasteiger partial charge is 1.00 e. The van der Waals surface area contributed by atoms with Gasteiger partial charge in [0.2, 0.25) is 0 Å². The fraction of sp³-hybridized carbons (Fsp3) is 1.00. The number of aliphatic hydroxyl groups excluding tert-OH is 1. The first-order valence-electron chi connectivity index (χ1n) is 29.1. The summed E-state index contributed by atoms with van der Waals surface area (Å²) in [5, 5.41) is 12.2. The minimum Gasteiger partial charge on any atom is -1.00 e. The van der Waals surface area contributed by atoms with E-state index in [0.717, 1.165) is 75.8 Å². The Hall–Kier alpha value is 1.20. The average molecular weight is 1040 g/mol. The molecule has 6 unspecified atom stereocenters. The fourth-order valence-electron chi connectivity index (χ4n) is 18.5. The standard InChI is InChI=1S/C27H46O4Si.C27H48O4Si.C4H8O.Al.Li.4H/c1-24(2,3)32(6,7)31-18-10-12-25(4)17(16-18)8-9-19-20-11-13-27(28-14-15-29-27)26(20,5)23-22(30-23)21(19)25;1-24(2,3)32(6,7)31-19-10-12-25(4)18(16-19)8-9-20-21-11-13-27(29-14-15-30-27)26(21,5)23(28)17-22(20)25;1-2-4-5-3-1;;;;;;/h17-23H,8-16H2,1-7H3;18-23,28H,8-17H2,1-7H3;1-4H2;;;;;;/q;;;;+1;;;;-1/t17-,18-,19?,20?,21?,22+,23+,25+,26-;18-,19-,20?,21?,22?,23+,25+,26-;;;;;;;/m11......./s1. The van der Waals surface area contributed by atoms with Crippen molar-refractivity contribution in [3.63, 3.8) is 0 Å². The first-order valence-corrected chi connectivity index (χ1v) is 34.9. The van der Waals surface area contributed by atoms with Crippen molar-refractivity contribution in [2.24, 2.45) is 69.0 Å². The second-order valence-corrected chi connectivity index (χ2v) is 38.9. The van der Waals surface area contributed by atoms with Gasteiger partial charge in [-0.1, -0.05) is 69.2 Å². The summed E-state index contributed by atoms with van der Waals surface area (Å²) in [7, 11) is -3.44. The summed E-state index contributed by atoms with van der Waals surface area (Å²) in [4.78, 5) is 0. The Labute approximate surface area is 459 Å². The van der Waals surface area contributed by atoms with E-state index >= 15 is 0 Å². The molecule has 71 heavy (non-hydrogen) atoms. The summed E-state index contributed by atoms with van der Waals surface area (Å²) in [6.07, 6.45) is 22.1. The van der Waals surface area contributed by atoms with Crippen LogP contribution in [0.15, 0.2) is 0 Å². The average Bonchev–Trinajstić information content (AvgIpc) is 3.89. The molecule has 404 valence electrons. The van der Waals surface area contributed by atoms with Gasteiger partial charge in [-0.3, -0.25) is 0 Å². The van der Waals surface area contributed by atoms with Crippen LogP contribution in [0.5, 0.6) is 0 Å². The van der Waals surface area contributed by atoms with Gasteiger partial charge in [0.1, 0.15) is 0 Å². The van der Waals surface area contributed by atoms with Crippen molar-refractivity contribution in [3.8, 4) is 0 Å². The van der Waals surface area contributed by atoms with E-state index in [1.165, 1.54) is 83.5 Å². The van der Waals surface area contributed by atoms with Gasteiger partial charge >= 0.3 is 18.9 Å². The quantitative estimate of drug-likeness (QED) is 0.219. The van der Waals surface area contributed by atoms with Gasteiger partial charge in [-0.15, -0.1) is 0 Å². The first kappa shape index (κ1) is 58.4. The van der Waals surface area contributed by atoms with Crippen LogP contribution in [0.25, 0.3) is 0 Å². The molecule has 9 nitrogen and oxygen atoms in total. The van der Waals surface area contributed by atoms with Gasteiger partial charge in [-0.2, -0.15) is 0 Å². The summed E-state index contributed by atoms with van der Waals surface area (Å²) in [6, 6.07) is 0. The molecule has 4 heterocycles. The SMILES string of the molecule is C1CCOC1.CC(C)(C)[Si](C)(C)O[C@@H]1CC[C@]2(C)C3C(CC[C@@H]2C1)C1CCC2(OCCO2)[C@@]1(C)[C@H]1O[C@@H]31.CC(C)(C)[Si](C)(C)O[C@@H]1CC[C@]2(C)C3C[C@H](O)[C@@]4(C)C(CCC45OCCO5)C3CC[C@@H]2C1.[AlH3].[H-].[Li+]. The maximum atomic E-state index is 11.6. The van der Waals surface area contributed by atoms with E-state index in [9.17, 15) is 5.11 Å². The molecule has 0 aromatic rings. The van der Waals surface area contributed by atoms with Crippen LogP contribution in [0.2, 0.25) is 36.3 Å². The van der Waals surface area contributed by atoms with Crippen LogP contribution in [0.4, 0.5) is 0 Å². The largest absolute Gasteiger partial charge is 1.00 e. The van der Waals surface area contributed by atoms with Crippen LogP contribution in [-0.4, -0.2) is 121 Å². The molecule has 12 rings (SSSR count). The molecule has 0 amide bonds. The predicted octanol–water partition coefficient (Wildman–Crippen LogP) is 9.01. The van der Waals surface area contributed by atoms with E-state index in [0.29, 0.717) is 72.1 Å². The molecule has 2 spiro atoms. The zero-order valence-electron chi connectivity index (χ0n) is 48.5. The van der Waals surface area contributed by atoms with Gasteiger partial charge in [-0.25, -0.2) is 0 Å². The molecule has 4 aliphatic heterocycles. The Kier molecular flexibility index (Phi) is 16.8. The summed E-state index contributed by atoms with van der Waals surface area (Å²) in [6.45, 7) is 38.6. The third-order valence-electron chi connectivity index (χ3n) is 24.5. The number of epoxide rings is 1. The van der Waals surface area contributed by atoms with Crippen molar-refractivity contribution < 1.29 is 62.7 Å². The molecule has 8 saturated carbocycles. The normalized spacial score (nSPS) is 46.8. The third kappa shape index (κ3) is 9.43. The van der Waals surface area contributed by atoms with Gasteiger partial charge in [-0.05, 0) is 191 Å². The number of hydrogen-bond acceptors (Lipinski definition) is 9. The van der Waals surface area contributed by atoms with Crippen LogP contribution in [0, 0.1) is 69.0 Å². The first-order chi connectivity index (χ1) is 32.3. The second-order valence-electron chi connectivity index (χ2n) is 29.4. The molecule has 13 heteroatoms. The number of fused-ring (bicyclic) bond motifs is 15. The summed E-state index contributed by atoms with van der Waals surface area (Å²) in [5.41, 5.74) is 0.535. The van der Waals surface area contributed by atoms with Gasteiger partial charge < -0.3 is 43.8 Å². The summed E-state index contributed by atoms with van der Waals surface area (Å²) < 4.78 is 50.6. The maximum absolute atomic E-state index is 11.6. The molecular formula is C58H106AlLiO9Si2. The summed E-state index contributed by atoms with van der Waals surface area (Å²) >= 11 is 0. The Morgan fingerprint density at radius 1 is 0.535 bits per heavy atom. The van der Waals surface area contributed by atoms with E-state index in [1.54, 1.807) is 0 Å². The molecule has 12 fully saturated rings. The van der Waals surface area contributed by atoms with Crippen molar-refractivity contribution in [1.82, 2.24) is 0 Å². The fourth-order valence-corrected chi connectivity index (χ4v) is 21.3. The Morgan fingerprint density at radius 2 is 0.986 bits per heavy atom. The number of aliphatic hydroxyl groups is 1. The molecule has 8 aliphatic carbocycles. The Bertz CT molecular complexity index is 1810. The molecule has 17 atom stereocenters. The molecular weight excluding hydrogens is 931 g/mol. The second kappa shape index (κ2) is 20.4. The van der Waals surface area contributed by atoms with E-state index in [1.807, 2.05) is 0 Å². The topological polar surface area (TPSA) is 97.4 Å². The van der Waals surface area contributed by atoms with Crippen LogP contribution in [0.1, 0.15) is 180 Å². The molecule has 1 N–H and O–H groups in total. The molecule has 0 aromatic carbocycles. The van der Waals surface area contributed by atoms with E-state index in [4.69, 9.17) is 37.3 Å². The number of hydrogen-bond donors (Lipinski definition) is 1. The number of rotatable bonds is 4. The van der Waals surface area contributed by atoms with Crippen LogP contribution < -0.4 is 18.9 Å². The monoisotopic (exact) mass is 1040 g/mol. The van der Waals surface area contributed by atoms with Crippen molar-refractivity contribution in [1.29, 1.82) is 0 Å². The predicted molar refractivity (Wildman–Crippen MR) is 289 cm³/mol. The minimum absolute atomic E-state index is 0. The van der Waals surface area contributed by atoms with E-state index in [2.05, 4.69) is 95.4 Å². The Balaban J connectivity index is 0.000000185. The molecule has 0 aromatic heterocycles. The molecule has 0 radical (unpaired) electrons. The van der Waals surface area contributed by atoms with Gasteiger partial charge in [0.15, 0.2) is 45.6 Å². The van der Waals surface area contributed by atoms with E-state index in [-0.39, 0.29) is 70.4 Å². The van der Waals surface area contributed by atoms with Crippen molar-refractivity contribution in [2.45, 2.75) is 257 Å². The van der Waals surface area contributed by atoms with Crippen LogP contribution in [-0.2, 0) is 37.3 Å². The maximum Gasteiger partial charge on any atom is 1.00 e. The molecule has 4 saturated heterocycles. The molecule has 0 bridgehead atoms. The van der Waals surface area contributed by atoms with Crippen LogP contribution in [0.3, 0.4) is 0 Å².